The maximum Gasteiger partial charge on any atom is 0.263 e. The Balaban J connectivity index is 2.09. The molecule has 1 aliphatic heterocycles. The molecule has 0 amide bonds. The SMILES string of the molecule is FC1(F)CCCC2CCCNC21. The second-order valence-electron chi connectivity index (χ2n) is 3.99. The zero-order chi connectivity index (χ0) is 8.60. The third kappa shape index (κ3) is 1.35. The molecule has 70 valence electrons. The standard InChI is InChI=1S/C9H15F2N/c10-9(11)5-1-3-7-4-2-6-12-8(7)9/h7-8,12H,1-6H2. The lowest BCUT2D eigenvalue weighted by Gasteiger charge is -2.41. The number of nitrogens with one attached hydrogen (secondary N) is 1. The molecule has 2 atom stereocenters. The van der Waals surface area contributed by atoms with Crippen LogP contribution in [0.1, 0.15) is 32.1 Å². The van der Waals surface area contributed by atoms with Crippen molar-refractivity contribution in [3.05, 3.63) is 0 Å². The monoisotopic (exact) mass is 175 g/mol. The van der Waals surface area contributed by atoms with E-state index >= 15 is 0 Å². The van der Waals surface area contributed by atoms with E-state index in [0.29, 0.717) is 6.42 Å². The quantitative estimate of drug-likeness (QED) is 0.595. The van der Waals surface area contributed by atoms with Gasteiger partial charge in [-0.25, -0.2) is 8.78 Å². The molecule has 0 radical (unpaired) electrons. The Hall–Kier alpha value is -0.180. The number of hydrogen-bond donors (Lipinski definition) is 1. The summed E-state index contributed by atoms with van der Waals surface area (Å²) in [6.07, 6.45) is 3.84. The van der Waals surface area contributed by atoms with E-state index < -0.39 is 12.0 Å². The van der Waals surface area contributed by atoms with Gasteiger partial charge in [-0.05, 0) is 38.1 Å². The fourth-order valence-corrected chi connectivity index (χ4v) is 2.52. The number of halogens is 2. The fraction of sp³-hybridized carbons (Fsp3) is 1.00. The van der Waals surface area contributed by atoms with Crippen molar-refractivity contribution in [1.82, 2.24) is 5.32 Å². The van der Waals surface area contributed by atoms with Crippen molar-refractivity contribution in [2.75, 3.05) is 6.54 Å². The van der Waals surface area contributed by atoms with Gasteiger partial charge >= 0.3 is 0 Å². The van der Waals surface area contributed by atoms with Gasteiger partial charge in [-0.2, -0.15) is 0 Å². The zero-order valence-electron chi connectivity index (χ0n) is 7.15. The molecule has 0 aromatic carbocycles. The molecule has 2 rings (SSSR count). The molecule has 1 saturated heterocycles. The first-order valence-electron chi connectivity index (χ1n) is 4.81. The highest BCUT2D eigenvalue weighted by Crippen LogP contribution is 2.40. The Morgan fingerprint density at radius 2 is 1.92 bits per heavy atom. The van der Waals surface area contributed by atoms with Crippen molar-refractivity contribution >= 4 is 0 Å². The number of piperidine rings is 1. The van der Waals surface area contributed by atoms with Gasteiger partial charge in [0.2, 0.25) is 0 Å². The minimum atomic E-state index is -2.44. The van der Waals surface area contributed by atoms with E-state index in [1.807, 2.05) is 0 Å². The highest BCUT2D eigenvalue weighted by molar-refractivity contribution is 4.95. The van der Waals surface area contributed by atoms with E-state index in [2.05, 4.69) is 5.32 Å². The summed E-state index contributed by atoms with van der Waals surface area (Å²) in [6.45, 7) is 0.775. The molecule has 2 fully saturated rings. The molecule has 1 aliphatic carbocycles. The van der Waals surface area contributed by atoms with Crippen molar-refractivity contribution in [1.29, 1.82) is 0 Å². The van der Waals surface area contributed by atoms with Crippen LogP contribution in [0.4, 0.5) is 8.78 Å². The minimum Gasteiger partial charge on any atom is -0.308 e. The van der Waals surface area contributed by atoms with Crippen LogP contribution in [0.15, 0.2) is 0 Å². The lowest BCUT2D eigenvalue weighted by Crippen LogP contribution is -2.54. The predicted octanol–water partition coefficient (Wildman–Crippen LogP) is 2.17. The molecule has 2 unspecified atom stereocenters. The average Bonchev–Trinajstić information content (AvgIpc) is 2.04. The number of alkyl halides is 2. The van der Waals surface area contributed by atoms with Crippen LogP contribution in [0.2, 0.25) is 0 Å². The van der Waals surface area contributed by atoms with E-state index in [1.165, 1.54) is 0 Å². The van der Waals surface area contributed by atoms with Crippen LogP contribution in [-0.2, 0) is 0 Å². The maximum absolute atomic E-state index is 13.3. The van der Waals surface area contributed by atoms with Gasteiger partial charge in [0.25, 0.3) is 5.92 Å². The molecule has 0 spiro atoms. The first-order valence-corrected chi connectivity index (χ1v) is 4.81. The molecule has 2 aliphatic rings. The van der Waals surface area contributed by atoms with Crippen LogP contribution in [0.25, 0.3) is 0 Å². The molecule has 1 nitrogen and oxygen atoms in total. The third-order valence-corrected chi connectivity index (χ3v) is 3.13. The van der Waals surface area contributed by atoms with Crippen LogP contribution in [0.5, 0.6) is 0 Å². The van der Waals surface area contributed by atoms with Gasteiger partial charge in [0.15, 0.2) is 0 Å². The topological polar surface area (TPSA) is 12.0 Å². The van der Waals surface area contributed by atoms with E-state index in [1.54, 1.807) is 0 Å². The summed E-state index contributed by atoms with van der Waals surface area (Å²) in [5, 5.41) is 2.96. The van der Waals surface area contributed by atoms with Gasteiger partial charge in [0.05, 0.1) is 6.04 Å². The Morgan fingerprint density at radius 1 is 1.17 bits per heavy atom. The highest BCUT2D eigenvalue weighted by atomic mass is 19.3. The lowest BCUT2D eigenvalue weighted by molar-refractivity contribution is -0.0923. The van der Waals surface area contributed by atoms with Crippen LogP contribution < -0.4 is 5.32 Å². The molecule has 0 aromatic heterocycles. The number of hydrogen-bond acceptors (Lipinski definition) is 1. The molecule has 12 heavy (non-hydrogen) atoms. The number of rotatable bonds is 0. The van der Waals surface area contributed by atoms with Gasteiger partial charge in [0.1, 0.15) is 0 Å². The Morgan fingerprint density at radius 3 is 2.67 bits per heavy atom. The van der Waals surface area contributed by atoms with Gasteiger partial charge < -0.3 is 5.32 Å². The largest absolute Gasteiger partial charge is 0.308 e. The average molecular weight is 175 g/mol. The first-order chi connectivity index (χ1) is 5.70. The van der Waals surface area contributed by atoms with Gasteiger partial charge in [-0.3, -0.25) is 0 Å². The predicted molar refractivity (Wildman–Crippen MR) is 43.3 cm³/mol. The van der Waals surface area contributed by atoms with E-state index in [0.717, 1.165) is 25.8 Å². The van der Waals surface area contributed by atoms with E-state index in [-0.39, 0.29) is 12.3 Å². The maximum atomic E-state index is 13.3. The summed E-state index contributed by atoms with van der Waals surface area (Å²) < 4.78 is 26.6. The minimum absolute atomic E-state index is 0.0845. The van der Waals surface area contributed by atoms with Gasteiger partial charge in [0, 0.05) is 6.42 Å². The van der Waals surface area contributed by atoms with Crippen LogP contribution in [0.3, 0.4) is 0 Å². The van der Waals surface area contributed by atoms with Crippen molar-refractivity contribution < 1.29 is 8.78 Å². The second kappa shape index (κ2) is 2.95. The molecular weight excluding hydrogens is 160 g/mol. The lowest BCUT2D eigenvalue weighted by atomic mass is 9.77. The normalized spacial score (nSPS) is 40.5. The Labute approximate surface area is 71.5 Å². The summed E-state index contributed by atoms with van der Waals surface area (Å²) >= 11 is 0. The molecule has 1 saturated carbocycles. The highest BCUT2D eigenvalue weighted by Gasteiger charge is 2.47. The summed E-state index contributed by atoms with van der Waals surface area (Å²) in [6, 6.07) is -0.514. The van der Waals surface area contributed by atoms with E-state index in [4.69, 9.17) is 0 Å². The molecule has 3 heteroatoms. The second-order valence-corrected chi connectivity index (χ2v) is 3.99. The number of fused-ring (bicyclic) bond motifs is 1. The summed E-state index contributed by atoms with van der Waals surface area (Å²) in [4.78, 5) is 0. The summed E-state index contributed by atoms with van der Waals surface area (Å²) in [5.74, 6) is -2.20. The first kappa shape index (κ1) is 8.42. The molecule has 0 bridgehead atoms. The summed E-state index contributed by atoms with van der Waals surface area (Å²) in [5.41, 5.74) is 0. The molecule has 1 heterocycles. The molecule has 0 aromatic rings. The van der Waals surface area contributed by atoms with E-state index in [9.17, 15) is 8.78 Å². The van der Waals surface area contributed by atoms with Crippen LogP contribution in [0, 0.1) is 5.92 Å². The Kier molecular flexibility index (Phi) is 2.07. The van der Waals surface area contributed by atoms with Crippen molar-refractivity contribution in [3.8, 4) is 0 Å². The molecular formula is C9H15F2N. The van der Waals surface area contributed by atoms with Crippen molar-refractivity contribution in [2.45, 2.75) is 44.1 Å². The van der Waals surface area contributed by atoms with Crippen molar-refractivity contribution in [3.63, 3.8) is 0 Å². The summed E-state index contributed by atoms with van der Waals surface area (Å²) in [7, 11) is 0. The third-order valence-electron chi connectivity index (χ3n) is 3.13. The van der Waals surface area contributed by atoms with Crippen LogP contribution >= 0.6 is 0 Å². The zero-order valence-corrected chi connectivity index (χ0v) is 7.15. The molecule has 1 N–H and O–H groups in total. The fourth-order valence-electron chi connectivity index (χ4n) is 2.52. The van der Waals surface area contributed by atoms with Crippen LogP contribution in [-0.4, -0.2) is 18.5 Å². The van der Waals surface area contributed by atoms with Gasteiger partial charge in [-0.1, -0.05) is 0 Å². The smallest absolute Gasteiger partial charge is 0.263 e. The van der Waals surface area contributed by atoms with Gasteiger partial charge in [-0.15, -0.1) is 0 Å². The van der Waals surface area contributed by atoms with Crippen molar-refractivity contribution in [2.24, 2.45) is 5.92 Å². The Bertz CT molecular complexity index is 168.